The van der Waals surface area contributed by atoms with Crippen molar-refractivity contribution in [2.24, 2.45) is 17.1 Å². The molecule has 0 aliphatic carbocycles. The molecule has 0 rings (SSSR count). The van der Waals surface area contributed by atoms with Crippen LogP contribution in [-0.2, 0) is 9.47 Å². The average molecular weight is 344 g/mol. The van der Waals surface area contributed by atoms with E-state index in [-0.39, 0.29) is 5.41 Å². The van der Waals surface area contributed by atoms with Crippen LogP contribution in [0.2, 0.25) is 0 Å². The highest BCUT2D eigenvalue weighted by Gasteiger charge is 2.36. The van der Waals surface area contributed by atoms with Crippen LogP contribution in [0.1, 0.15) is 99.3 Å². The first-order valence-electron chi connectivity index (χ1n) is 10.3. The smallest absolute Gasteiger partial charge is 0.168 e. The molecule has 0 aliphatic rings. The molecule has 2 N–H and O–H groups in total. The van der Waals surface area contributed by atoms with Crippen LogP contribution in [0.5, 0.6) is 0 Å². The molecule has 0 aromatic carbocycles. The van der Waals surface area contributed by atoms with Crippen LogP contribution >= 0.6 is 0 Å². The van der Waals surface area contributed by atoms with Gasteiger partial charge in [-0.25, -0.2) is 0 Å². The SMILES string of the molecule is CCCCCCCCC(CCC(C)(C)CN)C(C)(OCC)OCC. The lowest BCUT2D eigenvalue weighted by atomic mass is 9.80. The van der Waals surface area contributed by atoms with Crippen LogP contribution in [0.3, 0.4) is 0 Å². The van der Waals surface area contributed by atoms with Gasteiger partial charge in [0.2, 0.25) is 0 Å². The summed E-state index contributed by atoms with van der Waals surface area (Å²) in [6.45, 7) is 15.2. The molecule has 0 aromatic heterocycles. The Morgan fingerprint density at radius 3 is 1.83 bits per heavy atom. The largest absolute Gasteiger partial charge is 0.350 e. The minimum atomic E-state index is -0.461. The number of ether oxygens (including phenoxy) is 2. The second kappa shape index (κ2) is 13.1. The van der Waals surface area contributed by atoms with Gasteiger partial charge in [-0.3, -0.25) is 0 Å². The predicted octanol–water partition coefficient (Wildman–Crippen LogP) is 5.91. The molecule has 0 heterocycles. The van der Waals surface area contributed by atoms with Crippen molar-refractivity contribution >= 4 is 0 Å². The molecule has 0 amide bonds. The first kappa shape index (κ1) is 23.9. The summed E-state index contributed by atoms with van der Waals surface area (Å²) in [6, 6.07) is 0. The van der Waals surface area contributed by atoms with E-state index in [1.54, 1.807) is 0 Å². The maximum Gasteiger partial charge on any atom is 0.168 e. The fourth-order valence-electron chi connectivity index (χ4n) is 3.36. The second-order valence-corrected chi connectivity index (χ2v) is 8.04. The molecule has 1 atom stereocenters. The Labute approximate surface area is 152 Å². The molecular formula is C21H45NO2. The molecule has 0 aromatic rings. The van der Waals surface area contributed by atoms with Crippen molar-refractivity contribution in [2.45, 2.75) is 105 Å². The lowest BCUT2D eigenvalue weighted by Crippen LogP contribution is -2.41. The molecule has 0 saturated heterocycles. The van der Waals surface area contributed by atoms with Crippen molar-refractivity contribution < 1.29 is 9.47 Å². The van der Waals surface area contributed by atoms with Gasteiger partial charge >= 0.3 is 0 Å². The van der Waals surface area contributed by atoms with Crippen molar-refractivity contribution in [3.05, 3.63) is 0 Å². The third kappa shape index (κ3) is 10.0. The fraction of sp³-hybridized carbons (Fsp3) is 1.00. The van der Waals surface area contributed by atoms with E-state index in [0.717, 1.165) is 19.4 Å². The normalized spacial score (nSPS) is 14.1. The quantitative estimate of drug-likeness (QED) is 0.280. The van der Waals surface area contributed by atoms with Gasteiger partial charge in [0.25, 0.3) is 0 Å². The van der Waals surface area contributed by atoms with E-state index in [4.69, 9.17) is 15.2 Å². The number of unbranched alkanes of at least 4 members (excludes halogenated alkanes) is 5. The third-order valence-corrected chi connectivity index (χ3v) is 5.23. The van der Waals surface area contributed by atoms with Gasteiger partial charge in [0.15, 0.2) is 5.79 Å². The van der Waals surface area contributed by atoms with E-state index in [9.17, 15) is 0 Å². The zero-order valence-electron chi connectivity index (χ0n) is 17.5. The van der Waals surface area contributed by atoms with E-state index in [1.807, 2.05) is 0 Å². The highest BCUT2D eigenvalue weighted by atomic mass is 16.7. The van der Waals surface area contributed by atoms with Crippen molar-refractivity contribution in [2.75, 3.05) is 19.8 Å². The Morgan fingerprint density at radius 1 is 0.792 bits per heavy atom. The molecule has 0 aliphatic heterocycles. The van der Waals surface area contributed by atoms with Crippen LogP contribution < -0.4 is 5.73 Å². The molecule has 0 bridgehead atoms. The Balaban J connectivity index is 4.67. The van der Waals surface area contributed by atoms with Gasteiger partial charge in [0, 0.05) is 19.1 Å². The number of hydrogen-bond donors (Lipinski definition) is 1. The average Bonchev–Trinajstić information content (AvgIpc) is 2.53. The minimum Gasteiger partial charge on any atom is -0.350 e. The van der Waals surface area contributed by atoms with Gasteiger partial charge in [0.05, 0.1) is 0 Å². The standard InChI is InChI=1S/C21H45NO2/c1-7-10-11-12-13-14-15-19(16-17-20(4,5)18-22)21(6,23-8-2)24-9-3/h19H,7-18,22H2,1-6H3. The van der Waals surface area contributed by atoms with Crippen LogP contribution in [0.25, 0.3) is 0 Å². The first-order valence-corrected chi connectivity index (χ1v) is 10.3. The highest BCUT2D eigenvalue weighted by Crippen LogP contribution is 2.35. The van der Waals surface area contributed by atoms with Crippen LogP contribution in [-0.4, -0.2) is 25.5 Å². The summed E-state index contributed by atoms with van der Waals surface area (Å²) in [7, 11) is 0. The van der Waals surface area contributed by atoms with Gasteiger partial charge in [-0.2, -0.15) is 0 Å². The molecule has 1 unspecified atom stereocenters. The zero-order valence-corrected chi connectivity index (χ0v) is 17.5. The van der Waals surface area contributed by atoms with E-state index < -0.39 is 5.79 Å². The molecule has 0 radical (unpaired) electrons. The first-order chi connectivity index (χ1) is 11.3. The van der Waals surface area contributed by atoms with Crippen LogP contribution in [0, 0.1) is 11.3 Å². The molecule has 24 heavy (non-hydrogen) atoms. The lowest BCUT2D eigenvalue weighted by molar-refractivity contribution is -0.255. The van der Waals surface area contributed by atoms with Crippen molar-refractivity contribution in [1.29, 1.82) is 0 Å². The molecule has 3 heteroatoms. The van der Waals surface area contributed by atoms with E-state index >= 15 is 0 Å². The predicted molar refractivity (Wildman–Crippen MR) is 105 cm³/mol. The Morgan fingerprint density at radius 2 is 1.33 bits per heavy atom. The summed E-state index contributed by atoms with van der Waals surface area (Å²) >= 11 is 0. The summed E-state index contributed by atoms with van der Waals surface area (Å²) in [5, 5.41) is 0. The second-order valence-electron chi connectivity index (χ2n) is 8.04. The lowest BCUT2D eigenvalue weighted by Gasteiger charge is -2.38. The molecule has 146 valence electrons. The minimum absolute atomic E-state index is 0.193. The van der Waals surface area contributed by atoms with Gasteiger partial charge < -0.3 is 15.2 Å². The molecule has 0 saturated carbocycles. The third-order valence-electron chi connectivity index (χ3n) is 5.23. The van der Waals surface area contributed by atoms with Crippen molar-refractivity contribution in [3.8, 4) is 0 Å². The maximum absolute atomic E-state index is 6.07. The number of rotatable bonds is 16. The summed E-state index contributed by atoms with van der Waals surface area (Å²) in [5.74, 6) is -0.0215. The Kier molecular flexibility index (Phi) is 13.1. The van der Waals surface area contributed by atoms with E-state index in [2.05, 4.69) is 41.5 Å². The maximum atomic E-state index is 6.07. The van der Waals surface area contributed by atoms with Gasteiger partial charge in [-0.1, -0.05) is 59.3 Å². The summed E-state index contributed by atoms with van der Waals surface area (Å²) < 4.78 is 12.1. The van der Waals surface area contributed by atoms with Crippen LogP contribution in [0.15, 0.2) is 0 Å². The Hall–Kier alpha value is -0.120. The van der Waals surface area contributed by atoms with E-state index in [1.165, 1.54) is 44.9 Å². The highest BCUT2D eigenvalue weighted by molar-refractivity contribution is 4.80. The van der Waals surface area contributed by atoms with Crippen molar-refractivity contribution in [3.63, 3.8) is 0 Å². The molecule has 0 fully saturated rings. The monoisotopic (exact) mass is 343 g/mol. The summed E-state index contributed by atoms with van der Waals surface area (Å²) in [5.41, 5.74) is 6.12. The molecular weight excluding hydrogens is 298 g/mol. The Bertz CT molecular complexity index is 286. The fourth-order valence-corrected chi connectivity index (χ4v) is 3.36. The number of nitrogens with two attached hydrogens (primary N) is 1. The topological polar surface area (TPSA) is 44.5 Å². The summed E-state index contributed by atoms with van der Waals surface area (Å²) in [4.78, 5) is 0. The van der Waals surface area contributed by atoms with Gasteiger partial charge in [0.1, 0.15) is 0 Å². The van der Waals surface area contributed by atoms with Crippen molar-refractivity contribution in [1.82, 2.24) is 0 Å². The van der Waals surface area contributed by atoms with E-state index in [0.29, 0.717) is 19.1 Å². The number of hydrogen-bond acceptors (Lipinski definition) is 3. The van der Waals surface area contributed by atoms with Crippen LogP contribution in [0.4, 0.5) is 0 Å². The molecule has 0 spiro atoms. The van der Waals surface area contributed by atoms with Gasteiger partial charge in [-0.15, -0.1) is 0 Å². The summed E-state index contributed by atoms with van der Waals surface area (Å²) in [6.07, 6.45) is 11.4. The van der Waals surface area contributed by atoms with Gasteiger partial charge in [-0.05, 0) is 52.0 Å². The molecule has 3 nitrogen and oxygen atoms in total. The zero-order chi connectivity index (χ0) is 18.5.